The molecule has 0 aliphatic heterocycles. The van der Waals surface area contributed by atoms with Crippen LogP contribution in [0.4, 0.5) is 0 Å². The lowest BCUT2D eigenvalue weighted by molar-refractivity contribution is 0.414. The van der Waals surface area contributed by atoms with Crippen molar-refractivity contribution in [3.05, 3.63) is 56.8 Å². The zero-order valence-electron chi connectivity index (χ0n) is 17.4. The molecule has 0 N–H and O–H groups in total. The van der Waals surface area contributed by atoms with E-state index < -0.39 is 0 Å². The molecule has 5 rings (SSSR count). The van der Waals surface area contributed by atoms with Crippen molar-refractivity contribution in [1.82, 2.24) is 19.7 Å². The lowest BCUT2D eigenvalue weighted by Gasteiger charge is -2.13. The molecular formula is C22H22N4O3S2. The van der Waals surface area contributed by atoms with Crippen LogP contribution in [0.2, 0.25) is 0 Å². The number of hydrogen-bond acceptors (Lipinski definition) is 8. The summed E-state index contributed by atoms with van der Waals surface area (Å²) >= 11 is 3.09. The van der Waals surface area contributed by atoms with Gasteiger partial charge in [-0.25, -0.2) is 4.98 Å². The lowest BCUT2D eigenvalue weighted by Crippen LogP contribution is -2.22. The second-order valence-corrected chi connectivity index (χ2v) is 9.51. The third-order valence-electron chi connectivity index (χ3n) is 5.41. The highest BCUT2D eigenvalue weighted by Gasteiger charge is 2.23. The summed E-state index contributed by atoms with van der Waals surface area (Å²) < 4.78 is 12.6. The Morgan fingerprint density at radius 2 is 2.10 bits per heavy atom. The van der Waals surface area contributed by atoms with Gasteiger partial charge in [-0.15, -0.1) is 21.5 Å². The van der Waals surface area contributed by atoms with Crippen molar-refractivity contribution in [1.29, 1.82) is 0 Å². The summed E-state index contributed by atoms with van der Waals surface area (Å²) in [6, 6.07) is 7.52. The van der Waals surface area contributed by atoms with Gasteiger partial charge in [-0.2, -0.15) is 0 Å². The molecule has 0 radical (unpaired) electrons. The van der Waals surface area contributed by atoms with Crippen molar-refractivity contribution in [2.24, 2.45) is 0 Å². The maximum absolute atomic E-state index is 13.8. The molecular weight excluding hydrogens is 432 g/mol. The highest BCUT2D eigenvalue weighted by molar-refractivity contribution is 7.98. The van der Waals surface area contributed by atoms with Gasteiger partial charge in [0, 0.05) is 17.9 Å². The van der Waals surface area contributed by atoms with Crippen LogP contribution in [0.15, 0.2) is 38.6 Å². The minimum absolute atomic E-state index is 0.0261. The van der Waals surface area contributed by atoms with Gasteiger partial charge in [-0.05, 0) is 43.4 Å². The van der Waals surface area contributed by atoms with Gasteiger partial charge in [0.1, 0.15) is 10.6 Å². The minimum atomic E-state index is -0.0261. The van der Waals surface area contributed by atoms with E-state index in [-0.39, 0.29) is 5.56 Å². The molecule has 1 aliphatic rings. The fourth-order valence-electron chi connectivity index (χ4n) is 3.96. The van der Waals surface area contributed by atoms with Gasteiger partial charge in [0.15, 0.2) is 5.16 Å². The van der Waals surface area contributed by atoms with Gasteiger partial charge in [0.2, 0.25) is 11.8 Å². The maximum atomic E-state index is 13.8. The number of thiophene rings is 1. The molecule has 0 saturated carbocycles. The van der Waals surface area contributed by atoms with Crippen LogP contribution >= 0.6 is 23.1 Å². The monoisotopic (exact) mass is 454 g/mol. The number of nitrogens with zero attached hydrogens (tertiary/aromatic N) is 4. The van der Waals surface area contributed by atoms with Crippen LogP contribution in [-0.4, -0.2) is 26.9 Å². The maximum Gasteiger partial charge on any atom is 0.267 e. The quantitative estimate of drug-likeness (QED) is 0.245. The van der Waals surface area contributed by atoms with Crippen molar-refractivity contribution in [2.75, 3.05) is 7.11 Å². The molecule has 0 amide bonds. The SMILES string of the molecule is COc1cccc(-n2c(SCc3nnc(C)o3)nc3sc4c(c3c2=O)CCCCC4)c1. The van der Waals surface area contributed by atoms with E-state index >= 15 is 0 Å². The second-order valence-electron chi connectivity index (χ2n) is 7.48. The number of fused-ring (bicyclic) bond motifs is 3. The molecule has 0 spiro atoms. The zero-order valence-corrected chi connectivity index (χ0v) is 19.0. The van der Waals surface area contributed by atoms with Crippen LogP contribution in [0.25, 0.3) is 15.9 Å². The molecule has 0 fully saturated rings. The summed E-state index contributed by atoms with van der Waals surface area (Å²) in [4.78, 5) is 20.9. The van der Waals surface area contributed by atoms with E-state index in [0.717, 1.165) is 35.2 Å². The van der Waals surface area contributed by atoms with Crippen LogP contribution in [0.3, 0.4) is 0 Å². The smallest absolute Gasteiger partial charge is 0.267 e. The average molecular weight is 455 g/mol. The Hall–Kier alpha value is -2.65. The topological polar surface area (TPSA) is 83.0 Å². The van der Waals surface area contributed by atoms with Crippen LogP contribution in [0, 0.1) is 6.92 Å². The third-order valence-corrected chi connectivity index (χ3v) is 7.52. The van der Waals surface area contributed by atoms with E-state index in [2.05, 4.69) is 10.2 Å². The van der Waals surface area contributed by atoms with E-state index in [9.17, 15) is 4.79 Å². The van der Waals surface area contributed by atoms with E-state index in [0.29, 0.717) is 28.4 Å². The Labute approximate surface area is 187 Å². The van der Waals surface area contributed by atoms with E-state index in [1.165, 1.54) is 35.0 Å². The van der Waals surface area contributed by atoms with Gasteiger partial charge in [0.25, 0.3) is 5.56 Å². The number of rotatable bonds is 5. The molecule has 0 atom stereocenters. The van der Waals surface area contributed by atoms with Crippen molar-refractivity contribution in [3.8, 4) is 11.4 Å². The molecule has 31 heavy (non-hydrogen) atoms. The Bertz CT molecular complexity index is 1310. The van der Waals surface area contributed by atoms with E-state index in [1.54, 1.807) is 29.9 Å². The minimum Gasteiger partial charge on any atom is -0.497 e. The van der Waals surface area contributed by atoms with Gasteiger partial charge >= 0.3 is 0 Å². The number of aryl methyl sites for hydroxylation is 3. The summed E-state index contributed by atoms with van der Waals surface area (Å²) in [5.74, 6) is 2.16. The fourth-order valence-corrected chi connectivity index (χ4v) is 6.11. The van der Waals surface area contributed by atoms with Crippen molar-refractivity contribution < 1.29 is 9.15 Å². The molecule has 1 aromatic carbocycles. The van der Waals surface area contributed by atoms with Gasteiger partial charge < -0.3 is 9.15 Å². The molecule has 3 heterocycles. The number of thioether (sulfide) groups is 1. The molecule has 0 bridgehead atoms. The number of aromatic nitrogens is 4. The van der Waals surface area contributed by atoms with Crippen molar-refractivity contribution >= 4 is 33.3 Å². The summed E-state index contributed by atoms with van der Waals surface area (Å²) in [7, 11) is 1.62. The Kier molecular flexibility index (Phi) is 5.54. The van der Waals surface area contributed by atoms with Crippen LogP contribution in [-0.2, 0) is 18.6 Å². The molecule has 7 nitrogen and oxygen atoms in total. The fraction of sp³-hybridized carbons (Fsp3) is 0.364. The van der Waals surface area contributed by atoms with Crippen LogP contribution in [0.5, 0.6) is 5.75 Å². The van der Waals surface area contributed by atoms with Crippen LogP contribution in [0.1, 0.15) is 41.5 Å². The average Bonchev–Trinajstić information content (AvgIpc) is 3.27. The first kappa shape index (κ1) is 20.3. The highest BCUT2D eigenvalue weighted by Crippen LogP contribution is 2.35. The standard InChI is InChI=1S/C22H22N4O3S2/c1-13-24-25-18(29-13)12-30-22-23-20-19(16-9-4-3-5-10-17(16)31-20)21(27)26(22)14-7-6-8-15(11-14)28-2/h6-8,11H,3-5,9-10,12H2,1-2H3. The molecule has 160 valence electrons. The largest absolute Gasteiger partial charge is 0.497 e. The second kappa shape index (κ2) is 8.47. The van der Waals surface area contributed by atoms with Crippen molar-refractivity contribution in [3.63, 3.8) is 0 Å². The normalized spacial score (nSPS) is 13.9. The third kappa shape index (κ3) is 3.87. The predicted octanol–water partition coefficient (Wildman–Crippen LogP) is 4.71. The number of benzene rings is 1. The first-order chi connectivity index (χ1) is 15.1. The Balaban J connectivity index is 1.68. The van der Waals surface area contributed by atoms with E-state index in [1.807, 2.05) is 24.3 Å². The molecule has 0 unspecified atom stereocenters. The van der Waals surface area contributed by atoms with Crippen LogP contribution < -0.4 is 10.3 Å². The predicted molar refractivity (Wildman–Crippen MR) is 122 cm³/mol. The molecule has 4 aromatic rings. The summed E-state index contributed by atoms with van der Waals surface area (Å²) in [6.07, 6.45) is 5.46. The van der Waals surface area contributed by atoms with Gasteiger partial charge in [0.05, 0.1) is 23.9 Å². The first-order valence-corrected chi connectivity index (χ1v) is 12.1. The zero-order chi connectivity index (χ0) is 21.4. The summed E-state index contributed by atoms with van der Waals surface area (Å²) in [5, 5.41) is 9.33. The molecule has 9 heteroatoms. The highest BCUT2D eigenvalue weighted by atomic mass is 32.2. The lowest BCUT2D eigenvalue weighted by atomic mass is 10.1. The van der Waals surface area contributed by atoms with Gasteiger partial charge in [-0.1, -0.05) is 24.2 Å². The van der Waals surface area contributed by atoms with E-state index in [4.69, 9.17) is 14.1 Å². The number of ether oxygens (including phenoxy) is 1. The van der Waals surface area contributed by atoms with Gasteiger partial charge in [-0.3, -0.25) is 9.36 Å². The molecule has 3 aromatic heterocycles. The number of methoxy groups -OCH3 is 1. The molecule has 1 aliphatic carbocycles. The summed E-state index contributed by atoms with van der Waals surface area (Å²) in [5.41, 5.74) is 1.90. The molecule has 0 saturated heterocycles. The Morgan fingerprint density at radius 1 is 1.23 bits per heavy atom. The summed E-state index contributed by atoms with van der Waals surface area (Å²) in [6.45, 7) is 1.76. The number of hydrogen-bond donors (Lipinski definition) is 0. The van der Waals surface area contributed by atoms with Crippen molar-refractivity contribution in [2.45, 2.75) is 49.9 Å². The first-order valence-electron chi connectivity index (χ1n) is 10.3. The Morgan fingerprint density at radius 3 is 2.90 bits per heavy atom.